The van der Waals surface area contributed by atoms with Gasteiger partial charge in [0.1, 0.15) is 24.0 Å². The van der Waals surface area contributed by atoms with Gasteiger partial charge in [-0.05, 0) is 66.1 Å². The zero-order valence-corrected chi connectivity index (χ0v) is 20.1. The predicted octanol–water partition coefficient (Wildman–Crippen LogP) is 4.59. The van der Waals surface area contributed by atoms with E-state index in [1.165, 1.54) is 4.90 Å². The Balaban J connectivity index is 1.71. The van der Waals surface area contributed by atoms with Crippen molar-refractivity contribution in [3.8, 4) is 11.5 Å². The summed E-state index contributed by atoms with van der Waals surface area (Å²) in [6.45, 7) is 6.72. The van der Waals surface area contributed by atoms with E-state index < -0.39 is 29.4 Å². The van der Waals surface area contributed by atoms with Gasteiger partial charge < -0.3 is 14.4 Å². The van der Waals surface area contributed by atoms with Gasteiger partial charge in [0.15, 0.2) is 5.78 Å². The maximum Gasteiger partial charge on any atom is 0.291 e. The number of amides is 1. The highest BCUT2D eigenvalue weighted by Crippen LogP contribution is 2.40. The van der Waals surface area contributed by atoms with Gasteiger partial charge in [-0.15, -0.1) is 0 Å². The summed E-state index contributed by atoms with van der Waals surface area (Å²) in [6.07, 6.45) is 5.75. The molecule has 4 rings (SSSR count). The molecule has 1 fully saturated rings. The summed E-state index contributed by atoms with van der Waals surface area (Å²) in [4.78, 5) is 45.6. The molecule has 36 heavy (non-hydrogen) atoms. The predicted molar refractivity (Wildman–Crippen MR) is 135 cm³/mol. The van der Waals surface area contributed by atoms with Crippen LogP contribution in [0.15, 0.2) is 85.7 Å². The highest BCUT2D eigenvalue weighted by Gasteiger charge is 2.51. The van der Waals surface area contributed by atoms with Gasteiger partial charge in [-0.2, -0.15) is 0 Å². The minimum absolute atomic E-state index is 0.170. The van der Waals surface area contributed by atoms with Crippen molar-refractivity contribution in [1.82, 2.24) is 9.88 Å². The lowest BCUT2D eigenvalue weighted by Gasteiger charge is -2.27. The van der Waals surface area contributed by atoms with E-state index in [-0.39, 0.29) is 6.54 Å². The number of hydrogen-bond donors (Lipinski definition) is 0. The average Bonchev–Trinajstić information content (AvgIpc) is 3.16. The summed E-state index contributed by atoms with van der Waals surface area (Å²) in [7, 11) is 0. The summed E-state index contributed by atoms with van der Waals surface area (Å²) >= 11 is 0. The van der Waals surface area contributed by atoms with Crippen molar-refractivity contribution >= 4 is 17.5 Å². The average molecular weight is 485 g/mol. The lowest BCUT2D eigenvalue weighted by molar-refractivity contribution is -0.141. The van der Waals surface area contributed by atoms with Crippen LogP contribution in [0.2, 0.25) is 0 Å². The highest BCUT2D eigenvalue weighted by molar-refractivity contribution is 6.44. The quantitative estimate of drug-likeness (QED) is 0.171. The Labute approximate surface area is 210 Å². The molecule has 2 heterocycles. The van der Waals surface area contributed by atoms with Crippen molar-refractivity contribution in [3.63, 3.8) is 0 Å². The number of Topliss-reactive ketones (excluding diaryl/α,β-unsaturated/α-hetero) is 2. The Hall–Kier alpha value is -4.26. The first kappa shape index (κ1) is 24.9. The topological polar surface area (TPSA) is 85.8 Å². The van der Waals surface area contributed by atoms with Gasteiger partial charge >= 0.3 is 0 Å². The number of pyridine rings is 1. The zero-order chi connectivity index (χ0) is 25.5. The molecule has 2 atom stereocenters. The van der Waals surface area contributed by atoms with Crippen LogP contribution in [-0.4, -0.2) is 40.6 Å². The molecule has 3 aromatic rings. The van der Waals surface area contributed by atoms with Crippen molar-refractivity contribution in [2.45, 2.75) is 25.9 Å². The molecule has 184 valence electrons. The lowest BCUT2D eigenvalue weighted by atomic mass is 9.86. The molecular formula is C29H28N2O5. The van der Waals surface area contributed by atoms with Crippen LogP contribution in [0.3, 0.4) is 0 Å². The molecule has 7 nitrogen and oxygen atoms in total. The second-order valence-electron chi connectivity index (χ2n) is 8.48. The summed E-state index contributed by atoms with van der Waals surface area (Å²) in [6, 6.07) is 16.6. The maximum atomic E-state index is 13.7. The molecule has 1 amide bonds. The van der Waals surface area contributed by atoms with E-state index in [2.05, 4.69) is 11.6 Å². The van der Waals surface area contributed by atoms with Crippen LogP contribution in [0.4, 0.5) is 0 Å². The largest absolute Gasteiger partial charge is 0.494 e. The standard InChI is InChI=1S/C29H28N2O5/c1-3-16-35-23-10-8-21(9-11-23)27(32)25-26(22-6-5-7-24(18-22)36-17-4-2)31(29(34)28(25)33)19-20-12-14-30-15-13-20/h4-15,18,25-26H,2-3,16-17,19H2,1H3. The lowest BCUT2D eigenvalue weighted by Crippen LogP contribution is -2.30. The van der Waals surface area contributed by atoms with Gasteiger partial charge in [-0.25, -0.2) is 0 Å². The van der Waals surface area contributed by atoms with E-state index in [1.807, 2.05) is 6.92 Å². The monoisotopic (exact) mass is 484 g/mol. The van der Waals surface area contributed by atoms with Crippen LogP contribution < -0.4 is 9.47 Å². The molecule has 0 spiro atoms. The highest BCUT2D eigenvalue weighted by atomic mass is 16.5. The normalized spacial score (nSPS) is 17.2. The third-order valence-corrected chi connectivity index (χ3v) is 5.97. The molecule has 7 heteroatoms. The molecule has 1 saturated heterocycles. The molecule has 1 aliphatic rings. The molecule has 2 unspecified atom stereocenters. The molecule has 0 radical (unpaired) electrons. The van der Waals surface area contributed by atoms with Crippen molar-refractivity contribution in [1.29, 1.82) is 0 Å². The van der Waals surface area contributed by atoms with E-state index in [9.17, 15) is 14.4 Å². The number of rotatable bonds is 11. The van der Waals surface area contributed by atoms with E-state index >= 15 is 0 Å². The van der Waals surface area contributed by atoms with E-state index in [0.29, 0.717) is 35.8 Å². The smallest absolute Gasteiger partial charge is 0.291 e. The van der Waals surface area contributed by atoms with Crippen molar-refractivity contribution in [2.75, 3.05) is 13.2 Å². The molecule has 0 saturated carbocycles. The summed E-state index contributed by atoms with van der Waals surface area (Å²) in [5, 5.41) is 0. The molecule has 0 bridgehead atoms. The fourth-order valence-electron chi connectivity index (χ4n) is 4.27. The van der Waals surface area contributed by atoms with Crippen LogP contribution in [0.1, 0.15) is 40.9 Å². The van der Waals surface area contributed by atoms with Gasteiger partial charge in [0.2, 0.25) is 5.78 Å². The Kier molecular flexibility index (Phi) is 7.90. The van der Waals surface area contributed by atoms with Gasteiger partial charge in [0.25, 0.3) is 5.91 Å². The zero-order valence-electron chi connectivity index (χ0n) is 20.1. The number of likely N-dealkylation sites (tertiary alicyclic amines) is 1. The Bertz CT molecular complexity index is 1240. The number of benzene rings is 2. The number of carbonyl (C=O) groups excluding carboxylic acids is 3. The third kappa shape index (κ3) is 5.35. The van der Waals surface area contributed by atoms with E-state index in [4.69, 9.17) is 9.47 Å². The summed E-state index contributed by atoms with van der Waals surface area (Å²) < 4.78 is 11.3. The van der Waals surface area contributed by atoms with Gasteiger partial charge in [-0.1, -0.05) is 31.7 Å². The molecule has 0 N–H and O–H groups in total. The van der Waals surface area contributed by atoms with Crippen LogP contribution in [0.5, 0.6) is 11.5 Å². The van der Waals surface area contributed by atoms with Crippen LogP contribution in [0, 0.1) is 5.92 Å². The first-order chi connectivity index (χ1) is 17.5. The van der Waals surface area contributed by atoms with Crippen LogP contribution >= 0.6 is 0 Å². The SMILES string of the molecule is C=CCOc1cccc(C2C(C(=O)c3ccc(OCCC)cc3)C(=O)C(=O)N2Cc2ccncc2)c1. The number of aromatic nitrogens is 1. The van der Waals surface area contributed by atoms with E-state index in [1.54, 1.807) is 79.1 Å². The number of hydrogen-bond acceptors (Lipinski definition) is 6. The number of carbonyl (C=O) groups is 3. The summed E-state index contributed by atoms with van der Waals surface area (Å²) in [5.74, 6) is -1.79. The minimum Gasteiger partial charge on any atom is -0.494 e. The number of ether oxygens (including phenoxy) is 2. The minimum atomic E-state index is -1.18. The van der Waals surface area contributed by atoms with Gasteiger partial charge in [-0.3, -0.25) is 19.4 Å². The van der Waals surface area contributed by atoms with Crippen molar-refractivity contribution < 1.29 is 23.9 Å². The number of ketones is 2. The second-order valence-corrected chi connectivity index (χ2v) is 8.48. The Morgan fingerprint density at radius 3 is 2.47 bits per heavy atom. The second kappa shape index (κ2) is 11.4. The molecule has 1 aromatic heterocycles. The van der Waals surface area contributed by atoms with E-state index in [0.717, 1.165) is 12.0 Å². The fourth-order valence-corrected chi connectivity index (χ4v) is 4.27. The number of nitrogens with zero attached hydrogens (tertiary/aromatic N) is 2. The van der Waals surface area contributed by atoms with Crippen molar-refractivity contribution in [2.24, 2.45) is 5.92 Å². The molecule has 0 aliphatic carbocycles. The third-order valence-electron chi connectivity index (χ3n) is 5.97. The summed E-state index contributed by atoms with van der Waals surface area (Å²) in [5.41, 5.74) is 1.80. The van der Waals surface area contributed by atoms with Crippen LogP contribution in [-0.2, 0) is 16.1 Å². The maximum absolute atomic E-state index is 13.7. The molecule has 2 aromatic carbocycles. The van der Waals surface area contributed by atoms with Crippen LogP contribution in [0.25, 0.3) is 0 Å². The van der Waals surface area contributed by atoms with Gasteiger partial charge in [0.05, 0.1) is 12.6 Å². The first-order valence-corrected chi connectivity index (χ1v) is 11.9. The Morgan fingerprint density at radius 1 is 1.03 bits per heavy atom. The fraction of sp³-hybridized carbons (Fsp3) is 0.241. The van der Waals surface area contributed by atoms with Crippen molar-refractivity contribution in [3.05, 3.63) is 102 Å². The first-order valence-electron chi connectivity index (χ1n) is 11.9. The molecule has 1 aliphatic heterocycles. The van der Waals surface area contributed by atoms with Gasteiger partial charge in [0, 0.05) is 24.5 Å². The Morgan fingerprint density at radius 2 is 1.78 bits per heavy atom. The molecular weight excluding hydrogens is 456 g/mol.